The highest BCUT2D eigenvalue weighted by molar-refractivity contribution is 6.34. The zero-order valence-corrected chi connectivity index (χ0v) is 9.15. The number of para-hydroxylation sites is 1. The van der Waals surface area contributed by atoms with E-state index in [-0.39, 0.29) is 0 Å². The first-order valence-electron chi connectivity index (χ1n) is 4.46. The number of carboxylic acid groups (broad SMARTS) is 1. The zero-order chi connectivity index (χ0) is 12.1. The maximum absolute atomic E-state index is 11.5. The lowest BCUT2D eigenvalue weighted by Gasteiger charge is -2.20. The van der Waals surface area contributed by atoms with Crippen LogP contribution in [-0.2, 0) is 9.59 Å². The molecule has 0 saturated carbocycles. The molecule has 84 valence electrons. The molecular weight excluding hydrogens is 230 g/mol. The van der Waals surface area contributed by atoms with Crippen LogP contribution in [0.2, 0.25) is 5.02 Å². The summed E-state index contributed by atoms with van der Waals surface area (Å²) in [6, 6.07) is 6.53. The molecule has 1 N–H and O–H groups in total. The van der Waals surface area contributed by atoms with Gasteiger partial charge in [-0.1, -0.05) is 30.3 Å². The molecule has 1 aromatic rings. The van der Waals surface area contributed by atoms with Gasteiger partial charge in [0.2, 0.25) is 0 Å². The highest BCUT2D eigenvalue weighted by Gasteiger charge is 2.18. The van der Waals surface area contributed by atoms with Crippen LogP contribution in [0.25, 0.3) is 0 Å². The summed E-state index contributed by atoms with van der Waals surface area (Å²) in [4.78, 5) is 23.2. The number of nitrogens with zero attached hydrogens (tertiary/aromatic N) is 1. The Morgan fingerprint density at radius 2 is 2.06 bits per heavy atom. The molecule has 0 aliphatic carbocycles. The summed E-state index contributed by atoms with van der Waals surface area (Å²) in [5.41, 5.74) is 0.358. The summed E-state index contributed by atoms with van der Waals surface area (Å²) >= 11 is 5.88. The zero-order valence-electron chi connectivity index (χ0n) is 8.39. The second-order valence-electron chi connectivity index (χ2n) is 2.97. The van der Waals surface area contributed by atoms with Crippen molar-refractivity contribution in [2.24, 2.45) is 0 Å². The predicted octanol–water partition coefficient (Wildman–Crippen LogP) is 1.94. The highest BCUT2D eigenvalue weighted by Crippen LogP contribution is 2.25. The van der Waals surface area contributed by atoms with Gasteiger partial charge in [-0.2, -0.15) is 0 Å². The van der Waals surface area contributed by atoms with Crippen molar-refractivity contribution in [3.05, 3.63) is 41.9 Å². The van der Waals surface area contributed by atoms with Gasteiger partial charge in [-0.05, 0) is 18.2 Å². The minimum atomic E-state index is -1.12. The normalized spacial score (nSPS) is 9.56. The summed E-state index contributed by atoms with van der Waals surface area (Å²) in [5.74, 6) is -1.62. The van der Waals surface area contributed by atoms with Gasteiger partial charge in [0.05, 0.1) is 10.7 Å². The lowest BCUT2D eigenvalue weighted by Crippen LogP contribution is -2.34. The molecule has 0 heterocycles. The van der Waals surface area contributed by atoms with E-state index >= 15 is 0 Å². The number of rotatable bonds is 4. The molecular formula is C11H10ClNO3. The van der Waals surface area contributed by atoms with Crippen molar-refractivity contribution in [1.29, 1.82) is 0 Å². The number of carbonyl (C=O) groups excluding carboxylic acids is 1. The summed E-state index contributed by atoms with van der Waals surface area (Å²) in [5, 5.41) is 9.03. The summed E-state index contributed by atoms with van der Waals surface area (Å²) in [6.07, 6.45) is 1.05. The van der Waals surface area contributed by atoms with E-state index < -0.39 is 18.4 Å². The molecule has 0 bridgehead atoms. The van der Waals surface area contributed by atoms with Gasteiger partial charge in [-0.15, -0.1) is 0 Å². The molecule has 1 amide bonds. The van der Waals surface area contributed by atoms with Gasteiger partial charge >= 0.3 is 5.97 Å². The average molecular weight is 240 g/mol. The van der Waals surface area contributed by atoms with Gasteiger partial charge in [-0.25, -0.2) is 0 Å². The maximum atomic E-state index is 11.5. The molecule has 0 spiro atoms. The number of anilines is 1. The van der Waals surface area contributed by atoms with E-state index in [4.69, 9.17) is 16.7 Å². The number of benzene rings is 1. The van der Waals surface area contributed by atoms with E-state index in [0.29, 0.717) is 10.7 Å². The van der Waals surface area contributed by atoms with Gasteiger partial charge in [0.25, 0.3) is 5.91 Å². The van der Waals surface area contributed by atoms with Gasteiger partial charge in [-0.3, -0.25) is 14.5 Å². The van der Waals surface area contributed by atoms with Crippen LogP contribution in [0, 0.1) is 0 Å². The molecule has 0 aliphatic rings. The first-order chi connectivity index (χ1) is 7.56. The number of carbonyl (C=O) groups is 2. The predicted molar refractivity (Wildman–Crippen MR) is 61.6 cm³/mol. The fraction of sp³-hybridized carbons (Fsp3) is 0.0909. The van der Waals surface area contributed by atoms with E-state index in [1.807, 2.05) is 0 Å². The van der Waals surface area contributed by atoms with E-state index in [1.54, 1.807) is 24.3 Å². The lowest BCUT2D eigenvalue weighted by atomic mass is 10.2. The second kappa shape index (κ2) is 5.32. The number of aliphatic carboxylic acids is 1. The minimum absolute atomic E-state index is 0.318. The monoisotopic (exact) mass is 239 g/mol. The van der Waals surface area contributed by atoms with Crippen LogP contribution in [-0.4, -0.2) is 23.5 Å². The van der Waals surface area contributed by atoms with Crippen LogP contribution in [0.4, 0.5) is 5.69 Å². The first-order valence-corrected chi connectivity index (χ1v) is 4.84. The molecule has 16 heavy (non-hydrogen) atoms. The van der Waals surface area contributed by atoms with Crippen molar-refractivity contribution in [2.75, 3.05) is 11.4 Å². The van der Waals surface area contributed by atoms with Crippen molar-refractivity contribution in [3.63, 3.8) is 0 Å². The Kier molecular flexibility index (Phi) is 4.08. The molecule has 1 rings (SSSR count). The van der Waals surface area contributed by atoms with E-state index in [0.717, 1.165) is 11.0 Å². The molecule has 0 fully saturated rings. The Hall–Kier alpha value is -1.81. The van der Waals surface area contributed by atoms with Gasteiger partial charge in [0.15, 0.2) is 0 Å². The minimum Gasteiger partial charge on any atom is -0.480 e. The van der Waals surface area contributed by atoms with Crippen LogP contribution < -0.4 is 4.90 Å². The van der Waals surface area contributed by atoms with E-state index in [2.05, 4.69) is 6.58 Å². The van der Waals surface area contributed by atoms with Crippen molar-refractivity contribution in [1.82, 2.24) is 0 Å². The number of halogens is 1. The molecule has 0 unspecified atom stereocenters. The first kappa shape index (κ1) is 12.3. The fourth-order valence-electron chi connectivity index (χ4n) is 1.20. The summed E-state index contributed by atoms with van der Waals surface area (Å²) in [6.45, 7) is 2.87. The van der Waals surface area contributed by atoms with Crippen molar-refractivity contribution in [2.45, 2.75) is 0 Å². The van der Waals surface area contributed by atoms with Gasteiger partial charge in [0, 0.05) is 0 Å². The Morgan fingerprint density at radius 3 is 2.56 bits per heavy atom. The Labute approximate surface area is 97.7 Å². The molecule has 0 aliphatic heterocycles. The molecule has 0 radical (unpaired) electrons. The molecule has 1 aromatic carbocycles. The van der Waals surface area contributed by atoms with Gasteiger partial charge < -0.3 is 5.11 Å². The molecule has 5 heteroatoms. The van der Waals surface area contributed by atoms with Crippen molar-refractivity contribution < 1.29 is 14.7 Å². The summed E-state index contributed by atoms with van der Waals surface area (Å²) < 4.78 is 0. The van der Waals surface area contributed by atoms with Crippen LogP contribution in [0.3, 0.4) is 0 Å². The van der Waals surface area contributed by atoms with Crippen LogP contribution in [0.15, 0.2) is 36.9 Å². The Bertz CT molecular complexity index is 431. The van der Waals surface area contributed by atoms with Crippen LogP contribution in [0.1, 0.15) is 0 Å². The number of hydrogen-bond acceptors (Lipinski definition) is 2. The van der Waals surface area contributed by atoms with Gasteiger partial charge in [0.1, 0.15) is 6.54 Å². The third-order valence-electron chi connectivity index (χ3n) is 1.88. The standard InChI is InChI=1S/C11H10ClNO3/c1-2-10(14)13(7-11(15)16)9-6-4-3-5-8(9)12/h2-6H,1,7H2,(H,15,16). The number of hydrogen-bond donors (Lipinski definition) is 1. The number of amides is 1. The fourth-order valence-corrected chi connectivity index (χ4v) is 1.44. The quantitative estimate of drug-likeness (QED) is 0.817. The van der Waals surface area contributed by atoms with Crippen LogP contribution >= 0.6 is 11.6 Å². The van der Waals surface area contributed by atoms with E-state index in [9.17, 15) is 9.59 Å². The Morgan fingerprint density at radius 1 is 1.44 bits per heavy atom. The Balaban J connectivity index is 3.10. The third-order valence-corrected chi connectivity index (χ3v) is 2.20. The van der Waals surface area contributed by atoms with Crippen molar-refractivity contribution in [3.8, 4) is 0 Å². The van der Waals surface area contributed by atoms with Crippen molar-refractivity contribution >= 4 is 29.2 Å². The molecule has 0 saturated heterocycles. The average Bonchev–Trinajstić information content (AvgIpc) is 2.26. The highest BCUT2D eigenvalue weighted by atomic mass is 35.5. The third kappa shape index (κ3) is 2.84. The van der Waals surface area contributed by atoms with Crippen LogP contribution in [0.5, 0.6) is 0 Å². The summed E-state index contributed by atoms with van der Waals surface area (Å²) in [7, 11) is 0. The molecule has 0 aromatic heterocycles. The lowest BCUT2D eigenvalue weighted by molar-refractivity contribution is -0.136. The topological polar surface area (TPSA) is 57.6 Å². The second-order valence-corrected chi connectivity index (χ2v) is 3.38. The maximum Gasteiger partial charge on any atom is 0.323 e. The molecule has 0 atom stereocenters. The molecule has 4 nitrogen and oxygen atoms in total. The largest absolute Gasteiger partial charge is 0.480 e. The van der Waals surface area contributed by atoms with E-state index in [1.165, 1.54) is 0 Å². The SMILES string of the molecule is C=CC(=O)N(CC(=O)O)c1ccccc1Cl. The number of carboxylic acids is 1. The smallest absolute Gasteiger partial charge is 0.323 e.